The van der Waals surface area contributed by atoms with E-state index in [-0.39, 0.29) is 25.8 Å². The van der Waals surface area contributed by atoms with Crippen molar-refractivity contribution in [1.82, 2.24) is 19.3 Å². The quantitative estimate of drug-likeness (QED) is 0.103. The number of nitrogens with zero attached hydrogens (tertiary/aromatic N) is 4. The largest absolute Gasteiger partial charge is 2.00 e. The molecule has 0 aliphatic heterocycles. The summed E-state index contributed by atoms with van der Waals surface area (Å²) in [6, 6.07) is 34.8. The van der Waals surface area contributed by atoms with Crippen LogP contribution in [0.3, 0.4) is 0 Å². The third-order valence-corrected chi connectivity index (χ3v) is 9.79. The minimum atomic E-state index is 0. The van der Waals surface area contributed by atoms with Crippen molar-refractivity contribution < 1.29 is 25.2 Å². The fraction of sp³-hybridized carbons (Fsp3) is 0.304. The minimum Gasteiger partial charge on any atom is -0.509 e. The summed E-state index contributed by atoms with van der Waals surface area (Å²) in [6.07, 6.45) is 6.79. The number of pyridine rings is 1. The van der Waals surface area contributed by atoms with Crippen molar-refractivity contribution in [3.63, 3.8) is 0 Å². The summed E-state index contributed by atoms with van der Waals surface area (Å²) in [4.78, 5) is 4.80. The molecule has 4 aromatic carbocycles. The minimum absolute atomic E-state index is 0. The number of aromatic nitrogens is 4. The van der Waals surface area contributed by atoms with Crippen molar-refractivity contribution in [3.8, 4) is 34.1 Å². The van der Waals surface area contributed by atoms with Gasteiger partial charge in [0.15, 0.2) is 0 Å². The van der Waals surface area contributed by atoms with Gasteiger partial charge in [0.25, 0.3) is 0 Å². The summed E-state index contributed by atoms with van der Waals surface area (Å²) < 4.78 is 10.9. The number of hydrogen-bond donors (Lipinski definition) is 0. The molecule has 0 bridgehead atoms. The van der Waals surface area contributed by atoms with Crippen LogP contribution in [0.4, 0.5) is 0 Å². The SMILES string of the molecule is CCCc1ccnc(-n2c3[c-]c(Oc4[c-]c(-n5nc(CCC)c(-c6cc(C)c(C)c(C)c6)c5CC(C)(C)C)ccc4)ccc3c3ccccc32)c1.[Pd+2]. The molecule has 0 spiro atoms. The summed E-state index contributed by atoms with van der Waals surface area (Å²) in [5.41, 5.74) is 13.0. The second-order valence-corrected chi connectivity index (χ2v) is 15.1. The number of rotatable bonds is 10. The van der Waals surface area contributed by atoms with E-state index in [0.29, 0.717) is 11.5 Å². The van der Waals surface area contributed by atoms with Gasteiger partial charge in [0.1, 0.15) is 5.82 Å². The Kier molecular flexibility index (Phi) is 10.9. The Morgan fingerprint density at radius 2 is 1.50 bits per heavy atom. The fourth-order valence-corrected chi connectivity index (χ4v) is 7.23. The summed E-state index contributed by atoms with van der Waals surface area (Å²) in [5, 5.41) is 7.57. The van der Waals surface area contributed by atoms with E-state index >= 15 is 0 Å². The molecule has 268 valence electrons. The molecule has 5 nitrogen and oxygen atoms in total. The number of hydrogen-bond acceptors (Lipinski definition) is 3. The molecule has 52 heavy (non-hydrogen) atoms. The first-order valence-corrected chi connectivity index (χ1v) is 18.3. The van der Waals surface area contributed by atoms with Crippen LogP contribution in [0.15, 0.2) is 85.1 Å². The second-order valence-electron chi connectivity index (χ2n) is 15.1. The van der Waals surface area contributed by atoms with Crippen LogP contribution in [-0.4, -0.2) is 19.3 Å². The van der Waals surface area contributed by atoms with Crippen molar-refractivity contribution in [2.45, 2.75) is 87.5 Å². The fourth-order valence-electron chi connectivity index (χ4n) is 7.23. The molecule has 6 heteroatoms. The summed E-state index contributed by atoms with van der Waals surface area (Å²) >= 11 is 0. The van der Waals surface area contributed by atoms with Gasteiger partial charge in [0.05, 0.1) is 11.4 Å². The molecule has 0 N–H and O–H groups in total. The normalized spacial score (nSPS) is 11.7. The third-order valence-electron chi connectivity index (χ3n) is 9.79. The molecule has 0 aliphatic carbocycles. The first-order valence-electron chi connectivity index (χ1n) is 18.3. The summed E-state index contributed by atoms with van der Waals surface area (Å²) in [6.45, 7) is 17.9. The van der Waals surface area contributed by atoms with E-state index in [2.05, 4.69) is 137 Å². The molecule has 0 fully saturated rings. The number of aryl methyl sites for hydroxylation is 4. The number of ether oxygens (including phenoxy) is 1. The van der Waals surface area contributed by atoms with E-state index in [9.17, 15) is 0 Å². The zero-order valence-electron chi connectivity index (χ0n) is 31.6. The van der Waals surface area contributed by atoms with Crippen molar-refractivity contribution in [1.29, 1.82) is 0 Å². The maximum Gasteiger partial charge on any atom is 2.00 e. The molecular formula is C46H48N4OPd. The number of fused-ring (bicyclic) bond motifs is 3. The van der Waals surface area contributed by atoms with E-state index in [1.807, 2.05) is 24.4 Å². The Morgan fingerprint density at radius 3 is 2.23 bits per heavy atom. The summed E-state index contributed by atoms with van der Waals surface area (Å²) in [5.74, 6) is 2.13. The molecule has 3 heterocycles. The van der Waals surface area contributed by atoms with Crippen molar-refractivity contribution in [2.75, 3.05) is 0 Å². The maximum absolute atomic E-state index is 6.57. The Hall–Kier alpha value is -4.50. The molecule has 0 saturated heterocycles. The van der Waals surface area contributed by atoms with Gasteiger partial charge in [-0.25, -0.2) is 4.98 Å². The Labute approximate surface area is 322 Å². The molecule has 7 rings (SSSR count). The van der Waals surface area contributed by atoms with Gasteiger partial charge in [-0.2, -0.15) is 17.2 Å². The molecule has 0 atom stereocenters. The molecule has 0 aliphatic rings. The van der Waals surface area contributed by atoms with Crippen LogP contribution in [0.5, 0.6) is 11.5 Å². The molecule has 0 radical (unpaired) electrons. The van der Waals surface area contributed by atoms with Gasteiger partial charge in [0.2, 0.25) is 0 Å². The average molecular weight is 779 g/mol. The Morgan fingerprint density at radius 1 is 0.769 bits per heavy atom. The van der Waals surface area contributed by atoms with Crippen LogP contribution in [-0.2, 0) is 39.7 Å². The van der Waals surface area contributed by atoms with Crippen LogP contribution < -0.4 is 4.74 Å². The zero-order chi connectivity index (χ0) is 35.9. The smallest absolute Gasteiger partial charge is 0.509 e. The van der Waals surface area contributed by atoms with E-state index < -0.39 is 0 Å². The molecule has 7 aromatic rings. The molecular weight excluding hydrogens is 731 g/mol. The third kappa shape index (κ3) is 7.38. The summed E-state index contributed by atoms with van der Waals surface area (Å²) in [7, 11) is 0. The molecule has 0 unspecified atom stereocenters. The van der Waals surface area contributed by atoms with Gasteiger partial charge < -0.3 is 9.30 Å². The van der Waals surface area contributed by atoms with E-state index in [1.165, 1.54) is 39.1 Å². The topological polar surface area (TPSA) is 44.9 Å². The monoisotopic (exact) mass is 778 g/mol. The number of benzene rings is 4. The van der Waals surface area contributed by atoms with Gasteiger partial charge in [-0.15, -0.1) is 35.7 Å². The predicted molar refractivity (Wildman–Crippen MR) is 211 cm³/mol. The average Bonchev–Trinajstić information content (AvgIpc) is 3.61. The van der Waals surface area contributed by atoms with Gasteiger partial charge in [0, 0.05) is 28.8 Å². The molecule has 0 saturated carbocycles. The van der Waals surface area contributed by atoms with E-state index in [4.69, 9.17) is 14.8 Å². The van der Waals surface area contributed by atoms with Crippen molar-refractivity contribution >= 4 is 21.8 Å². The molecule has 0 amide bonds. The first-order chi connectivity index (χ1) is 24.5. The second kappa shape index (κ2) is 15.2. The van der Waals surface area contributed by atoms with Gasteiger partial charge in [-0.05, 0) is 103 Å². The zero-order valence-corrected chi connectivity index (χ0v) is 33.2. The molecule has 3 aromatic heterocycles. The van der Waals surface area contributed by atoms with Gasteiger partial charge in [-0.1, -0.05) is 83.3 Å². The van der Waals surface area contributed by atoms with Crippen LogP contribution in [0.25, 0.3) is 44.4 Å². The van der Waals surface area contributed by atoms with Crippen LogP contribution in [0.2, 0.25) is 0 Å². The van der Waals surface area contributed by atoms with Crippen LogP contribution in [0, 0.1) is 38.3 Å². The standard InChI is InChI=1S/C46H48N4O.Pd/c1-9-14-33-22-23-47-44(26-33)49-41-19-12-11-18-38(41)39-21-20-37(28-42(39)49)51-36-17-13-16-35(27-36)50-43(29-46(6,7)8)45(40(48-50)15-10-2)34-24-30(3)32(5)31(4)25-34;/h11-13,16-26H,9-10,14-15,29H2,1-8H3;/q-2;+2. The first kappa shape index (κ1) is 37.3. The van der Waals surface area contributed by atoms with Gasteiger partial charge >= 0.3 is 20.4 Å². The Bertz CT molecular complexity index is 2350. The predicted octanol–water partition coefficient (Wildman–Crippen LogP) is 11.8. The van der Waals surface area contributed by atoms with Crippen molar-refractivity contribution in [3.05, 3.63) is 131 Å². The van der Waals surface area contributed by atoms with Crippen molar-refractivity contribution in [2.24, 2.45) is 5.41 Å². The maximum atomic E-state index is 6.57. The van der Waals surface area contributed by atoms with Gasteiger partial charge in [-0.3, -0.25) is 4.68 Å². The van der Waals surface area contributed by atoms with Crippen LogP contribution >= 0.6 is 0 Å². The number of para-hydroxylation sites is 1. The van der Waals surface area contributed by atoms with Crippen LogP contribution in [0.1, 0.15) is 81.1 Å². The van der Waals surface area contributed by atoms with E-state index in [1.54, 1.807) is 0 Å². The Balaban J connectivity index is 0.00000464. The van der Waals surface area contributed by atoms with E-state index in [0.717, 1.165) is 71.1 Å².